The lowest BCUT2D eigenvalue weighted by Gasteiger charge is -2.23. The van der Waals surface area contributed by atoms with Crippen LogP contribution < -0.4 is 5.32 Å². The number of hydrogen-bond donors (Lipinski definition) is 1. The van der Waals surface area contributed by atoms with Crippen molar-refractivity contribution in [1.29, 1.82) is 0 Å². The fourth-order valence-electron chi connectivity index (χ4n) is 2.75. The van der Waals surface area contributed by atoms with E-state index in [9.17, 15) is 9.59 Å². The number of alkyl carbamates (subject to hydrolysis) is 1. The summed E-state index contributed by atoms with van der Waals surface area (Å²) in [6.45, 7) is 5.55. The Morgan fingerprint density at radius 3 is 2.56 bits per heavy atom. The molecule has 25 heavy (non-hydrogen) atoms. The summed E-state index contributed by atoms with van der Waals surface area (Å²) in [6.07, 6.45) is 1.87. The van der Waals surface area contributed by atoms with Crippen molar-refractivity contribution < 1.29 is 23.8 Å². The van der Waals surface area contributed by atoms with Crippen LogP contribution in [0.15, 0.2) is 30.3 Å². The van der Waals surface area contributed by atoms with E-state index in [1.807, 2.05) is 51.1 Å². The predicted molar refractivity (Wildman–Crippen MR) is 93.0 cm³/mol. The minimum absolute atomic E-state index is 0.112. The van der Waals surface area contributed by atoms with Gasteiger partial charge in [-0.1, -0.05) is 30.3 Å². The fourth-order valence-corrected chi connectivity index (χ4v) is 2.75. The molecule has 1 aliphatic carbocycles. The van der Waals surface area contributed by atoms with Crippen LogP contribution in [0.5, 0.6) is 0 Å². The number of benzene rings is 1. The van der Waals surface area contributed by atoms with Crippen LogP contribution in [0.25, 0.3) is 0 Å². The van der Waals surface area contributed by atoms with Gasteiger partial charge < -0.3 is 19.5 Å². The van der Waals surface area contributed by atoms with E-state index in [-0.39, 0.29) is 25.4 Å². The Balaban J connectivity index is 1.73. The van der Waals surface area contributed by atoms with Crippen molar-refractivity contribution >= 4 is 12.1 Å². The summed E-state index contributed by atoms with van der Waals surface area (Å²) >= 11 is 0. The highest BCUT2D eigenvalue weighted by atomic mass is 16.6. The minimum atomic E-state index is -0.533. The second-order valence-corrected chi connectivity index (χ2v) is 7.18. The maximum Gasteiger partial charge on any atom is 0.407 e. The van der Waals surface area contributed by atoms with Crippen LogP contribution >= 0.6 is 0 Å². The maximum absolute atomic E-state index is 12.0. The van der Waals surface area contributed by atoms with Crippen molar-refractivity contribution in [2.45, 2.75) is 64.4 Å². The van der Waals surface area contributed by atoms with Crippen LogP contribution in [0.3, 0.4) is 0 Å². The fraction of sp³-hybridized carbons (Fsp3) is 0.579. The number of rotatable bonds is 6. The van der Waals surface area contributed by atoms with Gasteiger partial charge in [0, 0.05) is 0 Å². The summed E-state index contributed by atoms with van der Waals surface area (Å²) in [5.74, 6) is -0.398. The summed E-state index contributed by atoms with van der Waals surface area (Å²) in [5, 5.41) is 2.83. The first kappa shape index (κ1) is 19.2. The molecule has 1 N–H and O–H groups in total. The smallest absolute Gasteiger partial charge is 0.407 e. The van der Waals surface area contributed by atoms with Gasteiger partial charge in [-0.05, 0) is 45.6 Å². The molecule has 1 aromatic rings. The third-order valence-corrected chi connectivity index (χ3v) is 3.80. The number of carbonyl (C=O) groups excluding carboxylic acids is 2. The highest BCUT2D eigenvalue weighted by Gasteiger charge is 2.31. The van der Waals surface area contributed by atoms with Gasteiger partial charge in [0.25, 0.3) is 0 Å². The monoisotopic (exact) mass is 349 g/mol. The molecule has 6 heteroatoms. The van der Waals surface area contributed by atoms with Crippen LogP contribution in [-0.4, -0.2) is 36.4 Å². The molecule has 1 saturated carbocycles. The highest BCUT2D eigenvalue weighted by molar-refractivity contribution is 5.71. The SMILES string of the molecule is CC(C)(C)OC(=O)CO[C@H]1CCC[C@@H]1NC(=O)OCc1ccccc1. The average molecular weight is 349 g/mol. The molecule has 0 unspecified atom stereocenters. The second kappa shape index (κ2) is 8.85. The molecule has 6 nitrogen and oxygen atoms in total. The Labute approximate surface area is 148 Å². The summed E-state index contributed by atoms with van der Waals surface area (Å²) in [7, 11) is 0. The van der Waals surface area contributed by atoms with Crippen LogP contribution in [0.2, 0.25) is 0 Å². The molecule has 0 saturated heterocycles. The molecule has 1 aliphatic rings. The lowest BCUT2D eigenvalue weighted by molar-refractivity contribution is -0.162. The molecule has 0 aromatic heterocycles. The summed E-state index contributed by atoms with van der Waals surface area (Å²) in [4.78, 5) is 23.7. The van der Waals surface area contributed by atoms with Crippen molar-refractivity contribution in [3.8, 4) is 0 Å². The molecular formula is C19H27NO5. The zero-order valence-electron chi connectivity index (χ0n) is 15.1. The van der Waals surface area contributed by atoms with E-state index in [0.717, 1.165) is 24.8 Å². The van der Waals surface area contributed by atoms with Gasteiger partial charge in [-0.3, -0.25) is 0 Å². The number of esters is 1. The van der Waals surface area contributed by atoms with Crippen LogP contribution in [0.1, 0.15) is 45.6 Å². The van der Waals surface area contributed by atoms with Crippen LogP contribution in [0.4, 0.5) is 4.79 Å². The molecule has 1 amide bonds. The third-order valence-electron chi connectivity index (χ3n) is 3.80. The molecular weight excluding hydrogens is 322 g/mol. The van der Waals surface area contributed by atoms with Crippen molar-refractivity contribution in [3.63, 3.8) is 0 Å². The van der Waals surface area contributed by atoms with E-state index in [2.05, 4.69) is 5.32 Å². The Kier molecular flexibility index (Phi) is 6.82. The summed E-state index contributed by atoms with van der Waals surface area (Å²) < 4.78 is 16.1. The van der Waals surface area contributed by atoms with Gasteiger partial charge in [0.15, 0.2) is 0 Å². The first-order valence-electron chi connectivity index (χ1n) is 8.64. The topological polar surface area (TPSA) is 73.9 Å². The number of nitrogens with one attached hydrogen (secondary N) is 1. The van der Waals surface area contributed by atoms with Gasteiger partial charge in [-0.2, -0.15) is 0 Å². The molecule has 138 valence electrons. The molecule has 1 fully saturated rings. The molecule has 0 spiro atoms. The first-order chi connectivity index (χ1) is 11.8. The van der Waals surface area contributed by atoms with E-state index in [4.69, 9.17) is 14.2 Å². The van der Waals surface area contributed by atoms with Gasteiger partial charge in [-0.15, -0.1) is 0 Å². The van der Waals surface area contributed by atoms with Gasteiger partial charge >= 0.3 is 12.1 Å². The number of amides is 1. The largest absolute Gasteiger partial charge is 0.458 e. The van der Waals surface area contributed by atoms with Crippen LogP contribution in [-0.2, 0) is 25.6 Å². The van der Waals surface area contributed by atoms with Gasteiger partial charge in [0.1, 0.15) is 18.8 Å². The number of hydrogen-bond acceptors (Lipinski definition) is 5. The Bertz CT molecular complexity index is 567. The number of carbonyl (C=O) groups is 2. The first-order valence-corrected chi connectivity index (χ1v) is 8.64. The maximum atomic E-state index is 12.0. The van der Waals surface area contributed by atoms with Gasteiger partial charge in [-0.25, -0.2) is 9.59 Å². The van der Waals surface area contributed by atoms with E-state index in [0.29, 0.717) is 0 Å². The lowest BCUT2D eigenvalue weighted by Crippen LogP contribution is -2.42. The minimum Gasteiger partial charge on any atom is -0.458 e. The molecule has 0 radical (unpaired) electrons. The molecule has 2 atom stereocenters. The summed E-state index contributed by atoms with van der Waals surface area (Å²) in [5.41, 5.74) is 0.399. The van der Waals surface area contributed by atoms with Gasteiger partial charge in [0.2, 0.25) is 0 Å². The molecule has 1 aromatic carbocycles. The highest BCUT2D eigenvalue weighted by Crippen LogP contribution is 2.22. The Morgan fingerprint density at radius 1 is 1.16 bits per heavy atom. The van der Waals surface area contributed by atoms with E-state index in [1.54, 1.807) is 0 Å². The second-order valence-electron chi connectivity index (χ2n) is 7.18. The van der Waals surface area contributed by atoms with Crippen molar-refractivity contribution in [1.82, 2.24) is 5.32 Å². The van der Waals surface area contributed by atoms with Crippen molar-refractivity contribution in [3.05, 3.63) is 35.9 Å². The van der Waals surface area contributed by atoms with Crippen molar-refractivity contribution in [2.24, 2.45) is 0 Å². The Hall–Kier alpha value is -2.08. The normalized spacial score (nSPS) is 20.1. The summed E-state index contributed by atoms with van der Waals surface area (Å²) in [6, 6.07) is 9.35. The lowest BCUT2D eigenvalue weighted by atomic mass is 10.2. The Morgan fingerprint density at radius 2 is 1.88 bits per heavy atom. The zero-order chi connectivity index (χ0) is 18.3. The quantitative estimate of drug-likeness (QED) is 0.799. The van der Waals surface area contributed by atoms with E-state index in [1.165, 1.54) is 0 Å². The van der Waals surface area contributed by atoms with Gasteiger partial charge in [0.05, 0.1) is 12.1 Å². The molecule has 0 bridgehead atoms. The predicted octanol–water partition coefficient (Wildman–Crippen LogP) is 3.19. The van der Waals surface area contributed by atoms with E-state index >= 15 is 0 Å². The average Bonchev–Trinajstić information content (AvgIpc) is 2.97. The van der Waals surface area contributed by atoms with E-state index < -0.39 is 17.7 Å². The zero-order valence-corrected chi connectivity index (χ0v) is 15.1. The third kappa shape index (κ3) is 7.13. The molecule has 2 rings (SSSR count). The number of ether oxygens (including phenoxy) is 3. The van der Waals surface area contributed by atoms with Crippen molar-refractivity contribution in [2.75, 3.05) is 6.61 Å². The standard InChI is InChI=1S/C19H27NO5/c1-19(2,3)25-17(21)13-23-16-11-7-10-15(16)20-18(22)24-12-14-8-5-4-6-9-14/h4-6,8-9,15-16H,7,10-13H2,1-3H3,(H,20,22)/t15-,16-/m0/s1. The molecule has 0 aliphatic heterocycles. The molecule has 0 heterocycles. The van der Waals surface area contributed by atoms with Crippen LogP contribution in [0, 0.1) is 0 Å².